The van der Waals surface area contributed by atoms with Gasteiger partial charge in [-0.3, -0.25) is 0 Å². The second kappa shape index (κ2) is 7.88. The summed E-state index contributed by atoms with van der Waals surface area (Å²) in [6.07, 6.45) is -0.521. The van der Waals surface area contributed by atoms with Crippen molar-refractivity contribution in [1.29, 1.82) is 0 Å². The molecule has 0 atom stereocenters. The molecule has 0 amide bonds. The Hall–Kier alpha value is -0.220. The van der Waals surface area contributed by atoms with Gasteiger partial charge in [0.05, 0.1) is 0 Å². The minimum absolute atomic E-state index is 0.431. The van der Waals surface area contributed by atoms with Crippen LogP contribution in [0.4, 0.5) is 8.78 Å². The van der Waals surface area contributed by atoms with E-state index in [0.717, 1.165) is 19.4 Å². The van der Waals surface area contributed by atoms with Crippen molar-refractivity contribution in [2.45, 2.75) is 19.3 Å². The van der Waals surface area contributed by atoms with Crippen molar-refractivity contribution in [3.63, 3.8) is 0 Å². The van der Waals surface area contributed by atoms with Gasteiger partial charge in [0, 0.05) is 6.61 Å². The number of halogens is 2. The minimum Gasteiger partial charge on any atom is -0.376 e. The van der Waals surface area contributed by atoms with Crippen molar-refractivity contribution >= 4 is 0 Å². The van der Waals surface area contributed by atoms with Gasteiger partial charge < -0.3 is 10.1 Å². The molecule has 0 aromatic carbocycles. The van der Waals surface area contributed by atoms with E-state index in [-0.39, 0.29) is 0 Å². The van der Waals surface area contributed by atoms with E-state index in [1.54, 1.807) is 0 Å². The summed E-state index contributed by atoms with van der Waals surface area (Å²) in [6, 6.07) is 0. The molecule has 0 spiro atoms. The van der Waals surface area contributed by atoms with Gasteiger partial charge in [-0.15, -0.1) is 0 Å². The first-order chi connectivity index (χ1) is 5.27. The quantitative estimate of drug-likeness (QED) is 0.576. The molecule has 0 fully saturated rings. The maximum Gasteiger partial charge on any atom is 0.261 e. The highest BCUT2D eigenvalue weighted by atomic mass is 19.3. The van der Waals surface area contributed by atoms with Gasteiger partial charge in [0.15, 0.2) is 0 Å². The molecule has 0 radical (unpaired) electrons. The molecule has 0 aromatic heterocycles. The molecule has 0 aliphatic rings. The van der Waals surface area contributed by atoms with Crippen LogP contribution in [0, 0.1) is 0 Å². The van der Waals surface area contributed by atoms with E-state index >= 15 is 0 Å². The molecule has 11 heavy (non-hydrogen) atoms. The molecule has 0 rings (SSSR count). The number of alkyl halides is 2. The maximum absolute atomic E-state index is 11.5. The van der Waals surface area contributed by atoms with Crippen LogP contribution in [0.1, 0.15) is 12.8 Å². The zero-order valence-electron chi connectivity index (χ0n) is 6.78. The van der Waals surface area contributed by atoms with Gasteiger partial charge >= 0.3 is 0 Å². The van der Waals surface area contributed by atoms with Gasteiger partial charge in [-0.25, -0.2) is 8.78 Å². The molecular formula is C7H15F2NO. The Bertz CT molecular complexity index is 80.8. The number of hydrogen-bond acceptors (Lipinski definition) is 2. The number of rotatable bonds is 7. The Balaban J connectivity index is 2.80. The van der Waals surface area contributed by atoms with Gasteiger partial charge in [-0.2, -0.15) is 0 Å². The highest BCUT2D eigenvalue weighted by Crippen LogP contribution is 1.94. The van der Waals surface area contributed by atoms with Gasteiger partial charge in [0.1, 0.15) is 6.61 Å². The zero-order valence-corrected chi connectivity index (χ0v) is 6.78. The summed E-state index contributed by atoms with van der Waals surface area (Å²) >= 11 is 0. The first-order valence-electron chi connectivity index (χ1n) is 3.78. The molecule has 1 N–H and O–H groups in total. The second-order valence-corrected chi connectivity index (χ2v) is 2.28. The van der Waals surface area contributed by atoms with Crippen LogP contribution in [0.15, 0.2) is 0 Å². The lowest BCUT2D eigenvalue weighted by Crippen LogP contribution is -2.10. The molecule has 0 heterocycles. The lowest BCUT2D eigenvalue weighted by atomic mass is 10.3. The maximum atomic E-state index is 11.5. The summed E-state index contributed by atoms with van der Waals surface area (Å²) in [5.41, 5.74) is 0. The molecule has 0 unspecified atom stereocenters. The standard InChI is InChI=1S/C7H15F2NO/c1-10-4-2-3-5-11-6-7(8)9/h7,10H,2-6H2,1H3. The van der Waals surface area contributed by atoms with Crippen molar-refractivity contribution in [3.8, 4) is 0 Å². The Kier molecular flexibility index (Phi) is 7.72. The topological polar surface area (TPSA) is 21.3 Å². The first kappa shape index (κ1) is 10.8. The highest BCUT2D eigenvalue weighted by molar-refractivity contribution is 4.42. The number of nitrogens with one attached hydrogen (secondary N) is 1. The summed E-state index contributed by atoms with van der Waals surface area (Å²) in [7, 11) is 1.86. The molecule has 0 bridgehead atoms. The van der Waals surface area contributed by atoms with Crippen molar-refractivity contribution in [1.82, 2.24) is 5.32 Å². The van der Waals surface area contributed by atoms with Crippen LogP contribution in [-0.2, 0) is 4.74 Å². The van der Waals surface area contributed by atoms with E-state index in [1.807, 2.05) is 7.05 Å². The van der Waals surface area contributed by atoms with Crippen molar-refractivity contribution in [2.24, 2.45) is 0 Å². The third-order valence-electron chi connectivity index (χ3n) is 1.21. The van der Waals surface area contributed by atoms with Crippen LogP contribution >= 0.6 is 0 Å². The smallest absolute Gasteiger partial charge is 0.261 e. The van der Waals surface area contributed by atoms with Crippen LogP contribution in [0.25, 0.3) is 0 Å². The molecule has 0 saturated carbocycles. The predicted octanol–water partition coefficient (Wildman–Crippen LogP) is 1.27. The van der Waals surface area contributed by atoms with Crippen LogP contribution in [0.2, 0.25) is 0 Å². The lowest BCUT2D eigenvalue weighted by molar-refractivity contribution is 0.0163. The summed E-state index contributed by atoms with van der Waals surface area (Å²) in [5, 5.41) is 2.96. The SMILES string of the molecule is CNCCCCOCC(F)F. The predicted molar refractivity (Wildman–Crippen MR) is 40.0 cm³/mol. The van der Waals surface area contributed by atoms with Crippen LogP contribution in [0.5, 0.6) is 0 Å². The fraction of sp³-hybridized carbons (Fsp3) is 1.00. The van der Waals surface area contributed by atoms with E-state index < -0.39 is 13.0 Å². The number of hydrogen-bond donors (Lipinski definition) is 1. The molecule has 2 nitrogen and oxygen atoms in total. The normalized spacial score (nSPS) is 10.9. The molecule has 0 aliphatic heterocycles. The molecule has 0 aliphatic carbocycles. The Morgan fingerprint density at radius 1 is 1.36 bits per heavy atom. The van der Waals surface area contributed by atoms with Crippen LogP contribution in [0.3, 0.4) is 0 Å². The average Bonchev–Trinajstić information content (AvgIpc) is 1.96. The van der Waals surface area contributed by atoms with Crippen molar-refractivity contribution in [3.05, 3.63) is 0 Å². The van der Waals surface area contributed by atoms with E-state index in [4.69, 9.17) is 0 Å². The van der Waals surface area contributed by atoms with Gasteiger partial charge in [-0.1, -0.05) is 0 Å². The summed E-state index contributed by atoms with van der Waals surface area (Å²) in [6.45, 7) is 0.920. The monoisotopic (exact) mass is 167 g/mol. The first-order valence-corrected chi connectivity index (χ1v) is 3.78. The zero-order chi connectivity index (χ0) is 8.53. The third-order valence-corrected chi connectivity index (χ3v) is 1.21. The summed E-state index contributed by atoms with van der Waals surface area (Å²) in [4.78, 5) is 0. The molecular weight excluding hydrogens is 152 g/mol. The second-order valence-electron chi connectivity index (χ2n) is 2.28. The van der Waals surface area contributed by atoms with Gasteiger partial charge in [-0.05, 0) is 26.4 Å². The molecule has 0 aromatic rings. The van der Waals surface area contributed by atoms with E-state index in [1.165, 1.54) is 0 Å². The van der Waals surface area contributed by atoms with Gasteiger partial charge in [0.25, 0.3) is 6.43 Å². The fourth-order valence-electron chi connectivity index (χ4n) is 0.678. The largest absolute Gasteiger partial charge is 0.376 e. The Morgan fingerprint density at radius 2 is 2.09 bits per heavy atom. The summed E-state index contributed by atoms with van der Waals surface area (Å²) < 4.78 is 27.6. The number of ether oxygens (including phenoxy) is 1. The van der Waals surface area contributed by atoms with Crippen LogP contribution < -0.4 is 5.32 Å². The van der Waals surface area contributed by atoms with E-state index in [9.17, 15) is 8.78 Å². The Labute approximate surface area is 65.9 Å². The van der Waals surface area contributed by atoms with E-state index in [0.29, 0.717) is 6.61 Å². The van der Waals surface area contributed by atoms with Crippen molar-refractivity contribution in [2.75, 3.05) is 26.8 Å². The molecule has 0 saturated heterocycles. The molecule has 68 valence electrons. The van der Waals surface area contributed by atoms with Crippen LogP contribution in [-0.4, -0.2) is 33.2 Å². The highest BCUT2D eigenvalue weighted by Gasteiger charge is 2.00. The van der Waals surface area contributed by atoms with Gasteiger partial charge in [0.2, 0.25) is 0 Å². The lowest BCUT2D eigenvalue weighted by Gasteiger charge is -2.02. The third kappa shape index (κ3) is 9.78. The number of unbranched alkanes of at least 4 members (excludes halogenated alkanes) is 1. The Morgan fingerprint density at radius 3 is 2.64 bits per heavy atom. The fourth-order valence-corrected chi connectivity index (χ4v) is 0.678. The summed E-state index contributed by atoms with van der Waals surface area (Å²) in [5.74, 6) is 0. The van der Waals surface area contributed by atoms with E-state index in [2.05, 4.69) is 10.1 Å². The molecule has 4 heteroatoms. The minimum atomic E-state index is -2.33. The van der Waals surface area contributed by atoms with Crippen molar-refractivity contribution < 1.29 is 13.5 Å². The average molecular weight is 167 g/mol.